The Bertz CT molecular complexity index is 326. The van der Waals surface area contributed by atoms with Gasteiger partial charge in [-0.05, 0) is 28.4 Å². The van der Waals surface area contributed by atoms with E-state index in [9.17, 15) is 9.50 Å². The highest BCUT2D eigenvalue weighted by atomic mass is 79.9. The van der Waals surface area contributed by atoms with Crippen LogP contribution in [0.4, 0.5) is 4.39 Å². The van der Waals surface area contributed by atoms with Crippen molar-refractivity contribution in [3.63, 3.8) is 0 Å². The Morgan fingerprint density at radius 1 is 1.69 bits per heavy atom. The summed E-state index contributed by atoms with van der Waals surface area (Å²) in [6.07, 6.45) is 1.75. The van der Waals surface area contributed by atoms with E-state index < -0.39 is 5.82 Å². The number of halogens is 3. The summed E-state index contributed by atoms with van der Waals surface area (Å²) in [5.74, 6) is -0.718. The molecule has 0 amide bonds. The van der Waals surface area contributed by atoms with E-state index in [-0.39, 0.29) is 22.8 Å². The van der Waals surface area contributed by atoms with Gasteiger partial charge in [0.2, 0.25) is 0 Å². The first-order valence-corrected chi connectivity index (χ1v) is 4.71. The number of hydrogen-bond acceptors (Lipinski definition) is 1. The first kappa shape index (κ1) is 10.5. The summed E-state index contributed by atoms with van der Waals surface area (Å²) in [6, 6.07) is 1.32. The van der Waals surface area contributed by atoms with Crippen molar-refractivity contribution >= 4 is 27.5 Å². The van der Waals surface area contributed by atoms with Crippen molar-refractivity contribution < 1.29 is 9.50 Å². The van der Waals surface area contributed by atoms with Crippen LogP contribution >= 0.6 is 27.5 Å². The standard InChI is InChI=1S/C9H7BrClFO/c1-2-3-5-8(12)7(11)4-6(10)9(5)13/h2,4,13H,1,3H2. The van der Waals surface area contributed by atoms with Gasteiger partial charge in [-0.1, -0.05) is 17.7 Å². The topological polar surface area (TPSA) is 20.2 Å². The Hall–Kier alpha value is -0.540. The lowest BCUT2D eigenvalue weighted by atomic mass is 10.1. The molecule has 1 aromatic carbocycles. The molecule has 0 fully saturated rings. The van der Waals surface area contributed by atoms with Crippen molar-refractivity contribution in [2.75, 3.05) is 0 Å². The molecule has 4 heteroatoms. The summed E-state index contributed by atoms with van der Waals surface area (Å²) < 4.78 is 13.7. The van der Waals surface area contributed by atoms with Crippen LogP contribution in [0, 0.1) is 5.82 Å². The second kappa shape index (κ2) is 4.11. The minimum absolute atomic E-state index is 0.0125. The van der Waals surface area contributed by atoms with Crippen molar-refractivity contribution in [1.82, 2.24) is 0 Å². The van der Waals surface area contributed by atoms with Crippen molar-refractivity contribution in [1.29, 1.82) is 0 Å². The SMILES string of the molecule is C=CCc1c(O)c(Br)cc(Cl)c1F. The van der Waals surface area contributed by atoms with Gasteiger partial charge in [-0.2, -0.15) is 0 Å². The Balaban J connectivity index is 3.36. The van der Waals surface area contributed by atoms with Gasteiger partial charge < -0.3 is 5.11 Å². The molecular formula is C9H7BrClFO. The van der Waals surface area contributed by atoms with E-state index in [1.807, 2.05) is 0 Å². The normalized spacial score (nSPS) is 10.1. The van der Waals surface area contributed by atoms with Gasteiger partial charge in [-0.25, -0.2) is 4.39 Å². The zero-order valence-corrected chi connectivity index (χ0v) is 8.99. The summed E-state index contributed by atoms with van der Waals surface area (Å²) in [4.78, 5) is 0. The summed E-state index contributed by atoms with van der Waals surface area (Å²) in [5, 5.41) is 9.43. The van der Waals surface area contributed by atoms with Crippen LogP contribution in [-0.4, -0.2) is 5.11 Å². The Kier molecular flexibility index (Phi) is 3.33. The lowest BCUT2D eigenvalue weighted by Gasteiger charge is -2.06. The van der Waals surface area contributed by atoms with Crippen LogP contribution < -0.4 is 0 Å². The number of hydrogen-bond donors (Lipinski definition) is 1. The summed E-state index contributed by atoms with van der Waals surface area (Å²) >= 11 is 8.64. The minimum Gasteiger partial charge on any atom is -0.506 e. The molecule has 0 aliphatic rings. The summed E-state index contributed by atoms with van der Waals surface area (Å²) in [6.45, 7) is 3.46. The molecule has 0 aliphatic heterocycles. The molecule has 0 atom stereocenters. The van der Waals surface area contributed by atoms with E-state index in [1.54, 1.807) is 0 Å². The smallest absolute Gasteiger partial charge is 0.149 e. The van der Waals surface area contributed by atoms with Gasteiger partial charge in [-0.3, -0.25) is 0 Å². The second-order valence-corrected chi connectivity index (χ2v) is 3.74. The highest BCUT2D eigenvalue weighted by Gasteiger charge is 2.14. The average Bonchev–Trinajstić information content (AvgIpc) is 2.09. The van der Waals surface area contributed by atoms with Gasteiger partial charge >= 0.3 is 0 Å². The molecule has 13 heavy (non-hydrogen) atoms. The molecule has 0 saturated heterocycles. The highest BCUT2D eigenvalue weighted by molar-refractivity contribution is 9.10. The van der Waals surface area contributed by atoms with Gasteiger partial charge in [0.25, 0.3) is 0 Å². The van der Waals surface area contributed by atoms with Crippen LogP contribution in [-0.2, 0) is 6.42 Å². The van der Waals surface area contributed by atoms with E-state index in [0.29, 0.717) is 4.47 Å². The van der Waals surface area contributed by atoms with E-state index in [0.717, 1.165) is 0 Å². The molecule has 1 aromatic rings. The van der Waals surface area contributed by atoms with E-state index >= 15 is 0 Å². The average molecular weight is 266 g/mol. The second-order valence-electron chi connectivity index (χ2n) is 2.47. The molecule has 0 saturated carbocycles. The van der Waals surface area contributed by atoms with Gasteiger partial charge in [0.1, 0.15) is 11.6 Å². The van der Waals surface area contributed by atoms with Crippen molar-refractivity contribution in [2.45, 2.75) is 6.42 Å². The maximum atomic E-state index is 13.3. The molecule has 0 aromatic heterocycles. The number of rotatable bonds is 2. The fourth-order valence-electron chi connectivity index (χ4n) is 0.966. The number of allylic oxidation sites excluding steroid dienone is 1. The third kappa shape index (κ3) is 2.03. The largest absolute Gasteiger partial charge is 0.506 e. The molecular weight excluding hydrogens is 258 g/mol. The van der Waals surface area contributed by atoms with Gasteiger partial charge in [0.05, 0.1) is 9.50 Å². The molecule has 0 spiro atoms. The zero-order valence-electron chi connectivity index (χ0n) is 6.65. The zero-order chi connectivity index (χ0) is 10.0. The van der Waals surface area contributed by atoms with E-state index in [1.165, 1.54) is 12.1 Å². The monoisotopic (exact) mass is 264 g/mol. The summed E-state index contributed by atoms with van der Waals surface area (Å²) in [7, 11) is 0. The molecule has 0 unspecified atom stereocenters. The van der Waals surface area contributed by atoms with Crippen molar-refractivity contribution in [2.24, 2.45) is 0 Å². The molecule has 0 radical (unpaired) electrons. The molecule has 0 bridgehead atoms. The molecule has 1 N–H and O–H groups in total. The van der Waals surface area contributed by atoms with Crippen LogP contribution in [0.25, 0.3) is 0 Å². The number of aromatic hydroxyl groups is 1. The Morgan fingerprint density at radius 2 is 2.31 bits per heavy atom. The van der Waals surface area contributed by atoms with Crippen LogP contribution in [0.3, 0.4) is 0 Å². The van der Waals surface area contributed by atoms with Crippen molar-refractivity contribution in [3.8, 4) is 5.75 Å². The van der Waals surface area contributed by atoms with Gasteiger partial charge in [0, 0.05) is 5.56 Å². The molecule has 0 heterocycles. The third-order valence-electron chi connectivity index (χ3n) is 1.59. The Morgan fingerprint density at radius 3 is 2.85 bits per heavy atom. The molecule has 0 aliphatic carbocycles. The van der Waals surface area contributed by atoms with Crippen LogP contribution in [0.15, 0.2) is 23.2 Å². The lowest BCUT2D eigenvalue weighted by Crippen LogP contribution is -1.91. The molecule has 1 rings (SSSR count). The van der Waals surface area contributed by atoms with Gasteiger partial charge in [0.15, 0.2) is 0 Å². The maximum Gasteiger partial charge on any atom is 0.149 e. The fourth-order valence-corrected chi connectivity index (χ4v) is 1.79. The summed E-state index contributed by atoms with van der Waals surface area (Å²) in [5.41, 5.74) is 0.161. The Labute approximate surface area is 89.0 Å². The molecule has 1 nitrogen and oxygen atoms in total. The van der Waals surface area contributed by atoms with Gasteiger partial charge in [-0.15, -0.1) is 6.58 Å². The van der Waals surface area contributed by atoms with E-state index in [4.69, 9.17) is 11.6 Å². The predicted molar refractivity (Wildman–Crippen MR) is 54.7 cm³/mol. The van der Waals surface area contributed by atoms with Crippen LogP contribution in [0.2, 0.25) is 5.02 Å². The third-order valence-corrected chi connectivity index (χ3v) is 2.47. The number of phenolic OH excluding ortho intramolecular Hbond substituents is 1. The highest BCUT2D eigenvalue weighted by Crippen LogP contribution is 2.34. The minimum atomic E-state index is -0.595. The van der Waals surface area contributed by atoms with Crippen LogP contribution in [0.5, 0.6) is 5.75 Å². The van der Waals surface area contributed by atoms with Crippen LogP contribution in [0.1, 0.15) is 5.56 Å². The maximum absolute atomic E-state index is 13.3. The quantitative estimate of drug-likeness (QED) is 0.639. The number of benzene rings is 1. The first-order chi connectivity index (χ1) is 6.07. The number of phenols is 1. The van der Waals surface area contributed by atoms with E-state index in [2.05, 4.69) is 22.5 Å². The lowest BCUT2D eigenvalue weighted by molar-refractivity contribution is 0.457. The fraction of sp³-hybridized carbons (Fsp3) is 0.111. The van der Waals surface area contributed by atoms with Crippen molar-refractivity contribution in [3.05, 3.63) is 39.6 Å². The predicted octanol–water partition coefficient (Wildman–Crippen LogP) is 3.68. The first-order valence-electron chi connectivity index (χ1n) is 3.54. The molecule has 70 valence electrons.